The Morgan fingerprint density at radius 1 is 1.05 bits per heavy atom. The molecule has 0 saturated heterocycles. The third-order valence-corrected chi connectivity index (χ3v) is 5.73. The maximum absolute atomic E-state index is 13.1. The zero-order chi connectivity index (χ0) is 26.9. The van der Waals surface area contributed by atoms with Crippen LogP contribution < -0.4 is 5.69 Å². The Bertz CT molecular complexity index is 1500. The Morgan fingerprint density at radius 3 is 2.35 bits per heavy atom. The summed E-state index contributed by atoms with van der Waals surface area (Å²) in [6.45, 7) is -1.51. The molecule has 194 valence electrons. The number of halogens is 5. The standard InChI is InChI=1S/C22H17Cl2F3N6O4/c23-13-7-5-12(6-8-13)20-30-32(21(37)31(20)10-16(34)22(25,26)27)11-17-28-18(9-19(35)36)33(29-17)15-4-2-1-3-14(15)24/h1-8,16,34H,9-11H2,(H,35,36). The highest BCUT2D eigenvalue weighted by Gasteiger charge is 2.39. The highest BCUT2D eigenvalue weighted by Crippen LogP contribution is 2.24. The molecule has 4 rings (SSSR count). The number of rotatable bonds is 8. The first-order chi connectivity index (χ1) is 17.4. The van der Waals surface area contributed by atoms with Crippen LogP contribution in [-0.2, 0) is 24.3 Å². The number of para-hydroxylation sites is 1. The summed E-state index contributed by atoms with van der Waals surface area (Å²) >= 11 is 12.1. The van der Waals surface area contributed by atoms with Crippen molar-refractivity contribution < 1.29 is 28.2 Å². The number of hydrogen-bond donors (Lipinski definition) is 2. The van der Waals surface area contributed by atoms with Gasteiger partial charge in [0.1, 0.15) is 18.8 Å². The van der Waals surface area contributed by atoms with E-state index < -0.39 is 43.4 Å². The lowest BCUT2D eigenvalue weighted by atomic mass is 10.2. The lowest BCUT2D eigenvalue weighted by molar-refractivity contribution is -0.207. The lowest BCUT2D eigenvalue weighted by Gasteiger charge is -2.15. The van der Waals surface area contributed by atoms with E-state index in [0.717, 1.165) is 4.68 Å². The number of benzene rings is 2. The quantitative estimate of drug-likeness (QED) is 0.341. The molecule has 0 saturated carbocycles. The molecule has 4 aromatic rings. The molecule has 10 nitrogen and oxygen atoms in total. The molecular formula is C22H17Cl2F3N6O4. The minimum Gasteiger partial charge on any atom is -0.481 e. The highest BCUT2D eigenvalue weighted by atomic mass is 35.5. The van der Waals surface area contributed by atoms with E-state index in [0.29, 0.717) is 15.3 Å². The van der Waals surface area contributed by atoms with Crippen molar-refractivity contribution in [1.82, 2.24) is 29.1 Å². The fraction of sp³-hybridized carbons (Fsp3) is 0.227. The summed E-state index contributed by atoms with van der Waals surface area (Å²) in [4.78, 5) is 28.6. The van der Waals surface area contributed by atoms with Gasteiger partial charge in [-0.25, -0.2) is 19.1 Å². The average molecular weight is 557 g/mol. The van der Waals surface area contributed by atoms with Gasteiger partial charge in [-0.3, -0.25) is 9.36 Å². The molecule has 0 fully saturated rings. The van der Waals surface area contributed by atoms with Crippen LogP contribution in [0.5, 0.6) is 0 Å². The van der Waals surface area contributed by atoms with Gasteiger partial charge in [0.2, 0.25) is 0 Å². The van der Waals surface area contributed by atoms with Gasteiger partial charge >= 0.3 is 17.8 Å². The fourth-order valence-electron chi connectivity index (χ4n) is 3.46. The second-order valence-electron chi connectivity index (χ2n) is 7.82. The number of aliphatic hydroxyl groups is 1. The molecule has 0 amide bonds. The summed E-state index contributed by atoms with van der Waals surface area (Å²) in [7, 11) is 0. The summed E-state index contributed by atoms with van der Waals surface area (Å²) in [5, 5.41) is 27.9. The lowest BCUT2D eigenvalue weighted by Crippen LogP contribution is -2.37. The minimum absolute atomic E-state index is 0.00787. The third kappa shape index (κ3) is 5.84. The van der Waals surface area contributed by atoms with Crippen LogP contribution in [0.25, 0.3) is 17.1 Å². The summed E-state index contributed by atoms with van der Waals surface area (Å²) in [5.41, 5.74) is -0.356. The largest absolute Gasteiger partial charge is 0.481 e. The molecule has 37 heavy (non-hydrogen) atoms. The summed E-state index contributed by atoms with van der Waals surface area (Å²) in [5.74, 6) is -1.38. The van der Waals surface area contributed by atoms with Gasteiger partial charge in [0.15, 0.2) is 17.8 Å². The summed E-state index contributed by atoms with van der Waals surface area (Å²) in [6.07, 6.45) is -8.32. The van der Waals surface area contributed by atoms with Crippen LogP contribution in [0.1, 0.15) is 11.6 Å². The summed E-state index contributed by atoms with van der Waals surface area (Å²) < 4.78 is 41.9. The van der Waals surface area contributed by atoms with Crippen LogP contribution in [0.2, 0.25) is 10.0 Å². The monoisotopic (exact) mass is 556 g/mol. The number of aromatic nitrogens is 6. The fourth-order valence-corrected chi connectivity index (χ4v) is 3.80. The van der Waals surface area contributed by atoms with Crippen molar-refractivity contribution in [3.05, 3.63) is 80.7 Å². The number of alkyl halides is 3. The Morgan fingerprint density at radius 2 is 1.73 bits per heavy atom. The molecule has 2 heterocycles. The molecule has 15 heteroatoms. The van der Waals surface area contributed by atoms with E-state index in [2.05, 4.69) is 15.2 Å². The van der Waals surface area contributed by atoms with Gasteiger partial charge in [0.05, 0.1) is 17.3 Å². The van der Waals surface area contributed by atoms with Crippen molar-refractivity contribution in [3.8, 4) is 17.1 Å². The Labute approximate surface area is 216 Å². The number of aliphatic carboxylic acids is 1. The van der Waals surface area contributed by atoms with Crippen LogP contribution in [0.4, 0.5) is 13.2 Å². The Balaban J connectivity index is 1.78. The van der Waals surface area contributed by atoms with E-state index in [-0.39, 0.29) is 28.1 Å². The van der Waals surface area contributed by atoms with Gasteiger partial charge in [-0.1, -0.05) is 35.3 Å². The van der Waals surface area contributed by atoms with Crippen LogP contribution in [-0.4, -0.2) is 57.6 Å². The highest BCUT2D eigenvalue weighted by molar-refractivity contribution is 6.32. The smallest absolute Gasteiger partial charge is 0.416 e. The van der Waals surface area contributed by atoms with Gasteiger partial charge in [-0.05, 0) is 36.4 Å². The molecule has 0 radical (unpaired) electrons. The van der Waals surface area contributed by atoms with Crippen LogP contribution in [0.3, 0.4) is 0 Å². The molecule has 2 aromatic heterocycles. The Hall–Kier alpha value is -3.68. The topological polar surface area (TPSA) is 128 Å². The molecule has 0 spiro atoms. The molecule has 2 aromatic carbocycles. The number of carboxylic acid groups (broad SMARTS) is 1. The number of carboxylic acids is 1. The SMILES string of the molecule is O=C(O)Cc1nc(Cn2nc(-c3ccc(Cl)cc3)n(CC(O)C(F)(F)F)c2=O)nn1-c1ccccc1Cl. The maximum atomic E-state index is 13.1. The number of carbonyl (C=O) groups is 1. The maximum Gasteiger partial charge on any atom is 0.416 e. The van der Waals surface area contributed by atoms with Crippen molar-refractivity contribution in [2.75, 3.05) is 0 Å². The summed E-state index contributed by atoms with van der Waals surface area (Å²) in [6, 6.07) is 12.3. The first-order valence-electron chi connectivity index (χ1n) is 10.5. The first kappa shape index (κ1) is 26.4. The van der Waals surface area contributed by atoms with Crippen LogP contribution >= 0.6 is 23.2 Å². The molecule has 0 aliphatic carbocycles. The predicted molar refractivity (Wildman–Crippen MR) is 126 cm³/mol. The molecule has 1 unspecified atom stereocenters. The number of aliphatic hydroxyl groups excluding tert-OH is 1. The van der Waals surface area contributed by atoms with Crippen LogP contribution in [0, 0.1) is 0 Å². The van der Waals surface area contributed by atoms with E-state index in [1.54, 1.807) is 24.3 Å². The second kappa shape index (κ2) is 10.4. The normalized spacial score (nSPS) is 12.6. The van der Waals surface area contributed by atoms with E-state index in [9.17, 15) is 33.0 Å². The zero-order valence-corrected chi connectivity index (χ0v) is 20.1. The number of nitrogens with zero attached hydrogens (tertiary/aromatic N) is 6. The van der Waals surface area contributed by atoms with Crippen molar-refractivity contribution >= 4 is 29.2 Å². The first-order valence-corrected chi connectivity index (χ1v) is 11.3. The van der Waals surface area contributed by atoms with Crippen molar-refractivity contribution in [1.29, 1.82) is 0 Å². The molecule has 2 N–H and O–H groups in total. The van der Waals surface area contributed by atoms with Gasteiger partial charge in [-0.15, -0.1) is 10.2 Å². The van der Waals surface area contributed by atoms with Crippen molar-refractivity contribution in [3.63, 3.8) is 0 Å². The van der Waals surface area contributed by atoms with E-state index in [4.69, 9.17) is 23.2 Å². The van der Waals surface area contributed by atoms with Gasteiger partial charge in [0, 0.05) is 10.6 Å². The second-order valence-corrected chi connectivity index (χ2v) is 8.66. The molecule has 0 aliphatic heterocycles. The van der Waals surface area contributed by atoms with Gasteiger partial charge in [0.25, 0.3) is 0 Å². The van der Waals surface area contributed by atoms with E-state index in [1.165, 1.54) is 28.9 Å². The number of hydrogen-bond acceptors (Lipinski definition) is 6. The zero-order valence-electron chi connectivity index (χ0n) is 18.6. The molecule has 0 aliphatic rings. The van der Waals surface area contributed by atoms with Gasteiger partial charge in [-0.2, -0.15) is 13.2 Å². The minimum atomic E-state index is -4.97. The predicted octanol–water partition coefficient (Wildman–Crippen LogP) is 3.20. The van der Waals surface area contributed by atoms with Crippen LogP contribution in [0.15, 0.2) is 53.3 Å². The molecule has 0 bridgehead atoms. The van der Waals surface area contributed by atoms with E-state index in [1.807, 2.05) is 0 Å². The third-order valence-electron chi connectivity index (χ3n) is 5.16. The van der Waals surface area contributed by atoms with E-state index >= 15 is 0 Å². The molecule has 1 atom stereocenters. The average Bonchev–Trinajstić information content (AvgIpc) is 3.34. The van der Waals surface area contributed by atoms with Crippen molar-refractivity contribution in [2.24, 2.45) is 0 Å². The Kier molecular flexibility index (Phi) is 7.39. The molecular weight excluding hydrogens is 540 g/mol. The van der Waals surface area contributed by atoms with Crippen molar-refractivity contribution in [2.45, 2.75) is 31.8 Å². The van der Waals surface area contributed by atoms with Gasteiger partial charge < -0.3 is 10.2 Å².